The number of hydrogen-bond acceptors (Lipinski definition) is 6. The summed E-state index contributed by atoms with van der Waals surface area (Å²) >= 11 is 1.73. The fourth-order valence-corrected chi connectivity index (χ4v) is 4.53. The molecule has 2 fully saturated rings. The van der Waals surface area contributed by atoms with Gasteiger partial charge in [-0.25, -0.2) is 9.97 Å². The molecular formula is C18H25N5OS. The van der Waals surface area contributed by atoms with Crippen LogP contribution in [0.5, 0.6) is 0 Å². The van der Waals surface area contributed by atoms with Gasteiger partial charge in [-0.1, -0.05) is 0 Å². The van der Waals surface area contributed by atoms with Gasteiger partial charge in [-0.3, -0.25) is 4.79 Å². The second-order valence-corrected chi connectivity index (χ2v) is 8.29. The molecule has 1 aliphatic heterocycles. The molecule has 0 N–H and O–H groups in total. The van der Waals surface area contributed by atoms with E-state index in [2.05, 4.69) is 33.7 Å². The highest BCUT2D eigenvalue weighted by Gasteiger charge is 2.29. The van der Waals surface area contributed by atoms with Gasteiger partial charge in [0.05, 0.1) is 11.2 Å². The molecule has 0 radical (unpaired) electrons. The van der Waals surface area contributed by atoms with Crippen LogP contribution in [-0.2, 0) is 6.54 Å². The van der Waals surface area contributed by atoms with E-state index in [4.69, 9.17) is 0 Å². The van der Waals surface area contributed by atoms with Gasteiger partial charge in [0.25, 0.3) is 5.56 Å². The predicted octanol–water partition coefficient (Wildman–Crippen LogP) is 2.30. The summed E-state index contributed by atoms with van der Waals surface area (Å²) in [4.78, 5) is 27.3. The van der Waals surface area contributed by atoms with E-state index in [1.165, 1.54) is 4.88 Å². The number of nitrogens with zero attached hydrogens (tertiary/aromatic N) is 5. The molecule has 1 saturated carbocycles. The highest BCUT2D eigenvalue weighted by atomic mass is 32.1. The topological polar surface area (TPSA) is 54.3 Å². The first kappa shape index (κ1) is 16.7. The third-order valence-corrected chi connectivity index (χ3v) is 6.12. The predicted molar refractivity (Wildman–Crippen MR) is 100 cm³/mol. The first-order valence-electron chi connectivity index (χ1n) is 9.01. The van der Waals surface area contributed by atoms with Crippen LogP contribution in [0.1, 0.15) is 35.9 Å². The molecule has 4 rings (SSSR count). The van der Waals surface area contributed by atoms with Crippen molar-refractivity contribution in [1.29, 1.82) is 0 Å². The molecule has 134 valence electrons. The van der Waals surface area contributed by atoms with Gasteiger partial charge in [0, 0.05) is 49.5 Å². The summed E-state index contributed by atoms with van der Waals surface area (Å²) in [5, 5.41) is 0. The van der Waals surface area contributed by atoms with E-state index in [9.17, 15) is 4.79 Å². The lowest BCUT2D eigenvalue weighted by Gasteiger charge is -2.21. The van der Waals surface area contributed by atoms with Crippen molar-refractivity contribution in [2.75, 3.05) is 31.6 Å². The monoisotopic (exact) mass is 359 g/mol. The van der Waals surface area contributed by atoms with Gasteiger partial charge in [0.1, 0.15) is 0 Å². The number of hydrogen-bond donors (Lipinski definition) is 0. The Kier molecular flexibility index (Phi) is 4.60. The van der Waals surface area contributed by atoms with Gasteiger partial charge in [-0.2, -0.15) is 0 Å². The SMILES string of the molecule is Cc1ncsc1CN(C)C[C@@H]1CCN(c2nccn(C3CC3)c2=O)C1. The average molecular weight is 359 g/mol. The van der Waals surface area contributed by atoms with Crippen molar-refractivity contribution in [3.8, 4) is 0 Å². The van der Waals surface area contributed by atoms with Gasteiger partial charge in [0.2, 0.25) is 0 Å². The molecule has 0 aromatic carbocycles. The quantitative estimate of drug-likeness (QED) is 0.792. The maximum Gasteiger partial charge on any atom is 0.293 e. The van der Waals surface area contributed by atoms with Gasteiger partial charge in [-0.05, 0) is 39.2 Å². The minimum atomic E-state index is 0.0827. The van der Waals surface area contributed by atoms with Crippen LogP contribution >= 0.6 is 11.3 Å². The molecule has 1 aliphatic carbocycles. The Balaban J connectivity index is 1.38. The molecule has 0 spiro atoms. The Hall–Kier alpha value is -1.73. The van der Waals surface area contributed by atoms with Crippen LogP contribution in [0.15, 0.2) is 22.7 Å². The lowest BCUT2D eigenvalue weighted by atomic mass is 10.1. The largest absolute Gasteiger partial charge is 0.352 e. The van der Waals surface area contributed by atoms with Crippen LogP contribution < -0.4 is 10.5 Å². The van der Waals surface area contributed by atoms with Crippen LogP contribution in [-0.4, -0.2) is 46.1 Å². The third kappa shape index (κ3) is 3.62. The van der Waals surface area contributed by atoms with Gasteiger partial charge < -0.3 is 14.4 Å². The van der Waals surface area contributed by atoms with Crippen molar-refractivity contribution in [2.45, 2.75) is 38.8 Å². The first-order valence-corrected chi connectivity index (χ1v) is 9.89. The van der Waals surface area contributed by atoms with Crippen LogP contribution in [0.25, 0.3) is 0 Å². The Morgan fingerprint density at radius 1 is 1.32 bits per heavy atom. The Morgan fingerprint density at radius 3 is 2.88 bits per heavy atom. The summed E-state index contributed by atoms with van der Waals surface area (Å²) in [6, 6.07) is 0.404. The van der Waals surface area contributed by atoms with Crippen molar-refractivity contribution in [1.82, 2.24) is 19.4 Å². The average Bonchev–Trinajstić information content (AvgIpc) is 3.21. The number of anilines is 1. The first-order chi connectivity index (χ1) is 12.1. The Morgan fingerprint density at radius 2 is 2.16 bits per heavy atom. The summed E-state index contributed by atoms with van der Waals surface area (Å²) in [6.07, 6.45) is 6.97. The summed E-state index contributed by atoms with van der Waals surface area (Å²) in [6.45, 7) is 5.91. The van der Waals surface area contributed by atoms with E-state index in [0.717, 1.165) is 51.1 Å². The zero-order chi connectivity index (χ0) is 17.4. The van der Waals surface area contributed by atoms with Crippen LogP contribution in [0, 0.1) is 12.8 Å². The molecule has 0 bridgehead atoms. The number of aryl methyl sites for hydroxylation is 1. The molecular weight excluding hydrogens is 334 g/mol. The molecule has 25 heavy (non-hydrogen) atoms. The summed E-state index contributed by atoms with van der Waals surface area (Å²) < 4.78 is 1.87. The molecule has 0 amide bonds. The van der Waals surface area contributed by atoms with E-state index < -0.39 is 0 Å². The summed E-state index contributed by atoms with van der Waals surface area (Å²) in [5.74, 6) is 1.21. The number of rotatable bonds is 6. The molecule has 6 nitrogen and oxygen atoms in total. The molecule has 3 heterocycles. The molecule has 2 aromatic heterocycles. The fraction of sp³-hybridized carbons (Fsp3) is 0.611. The third-order valence-electron chi connectivity index (χ3n) is 5.20. The minimum absolute atomic E-state index is 0.0827. The van der Waals surface area contributed by atoms with Crippen LogP contribution in [0.2, 0.25) is 0 Å². The zero-order valence-electron chi connectivity index (χ0n) is 14.9. The van der Waals surface area contributed by atoms with Gasteiger partial charge in [0.15, 0.2) is 5.82 Å². The minimum Gasteiger partial charge on any atom is -0.352 e. The molecule has 7 heteroatoms. The number of aromatic nitrogens is 3. The van der Waals surface area contributed by atoms with E-state index in [1.54, 1.807) is 17.5 Å². The Labute approximate surface area is 152 Å². The van der Waals surface area contributed by atoms with Crippen molar-refractivity contribution in [3.63, 3.8) is 0 Å². The van der Waals surface area contributed by atoms with Gasteiger partial charge >= 0.3 is 0 Å². The maximum atomic E-state index is 12.7. The molecule has 0 unspecified atom stereocenters. The van der Waals surface area contributed by atoms with Crippen molar-refractivity contribution in [2.24, 2.45) is 5.92 Å². The van der Waals surface area contributed by atoms with E-state index in [1.807, 2.05) is 16.3 Å². The normalized spacial score (nSPS) is 20.6. The highest BCUT2D eigenvalue weighted by Crippen LogP contribution is 2.33. The Bertz CT molecular complexity index is 797. The molecule has 1 saturated heterocycles. The van der Waals surface area contributed by atoms with Crippen LogP contribution in [0.4, 0.5) is 5.82 Å². The second kappa shape index (κ2) is 6.88. The van der Waals surface area contributed by atoms with Crippen molar-refractivity contribution >= 4 is 17.2 Å². The lowest BCUT2D eigenvalue weighted by Crippen LogP contribution is -2.33. The van der Waals surface area contributed by atoms with E-state index in [-0.39, 0.29) is 5.56 Å². The van der Waals surface area contributed by atoms with Gasteiger partial charge in [-0.15, -0.1) is 11.3 Å². The fourth-order valence-electron chi connectivity index (χ4n) is 3.67. The molecule has 1 atom stereocenters. The molecule has 2 aliphatic rings. The standard InChI is InChI=1S/C18H25N5OS/c1-13-16(25-12-20-13)11-21(2)9-14-5-7-22(10-14)17-18(24)23(8-6-19-17)15-3-4-15/h6,8,12,14-15H,3-5,7,9-11H2,1-2H3/t14-/m0/s1. The van der Waals surface area contributed by atoms with Crippen LogP contribution in [0.3, 0.4) is 0 Å². The molecule has 2 aromatic rings. The summed E-state index contributed by atoms with van der Waals surface area (Å²) in [5.41, 5.74) is 3.14. The van der Waals surface area contributed by atoms with Crippen molar-refractivity contribution in [3.05, 3.63) is 38.8 Å². The maximum absolute atomic E-state index is 12.7. The second-order valence-electron chi connectivity index (χ2n) is 7.35. The van der Waals surface area contributed by atoms with Crippen molar-refractivity contribution < 1.29 is 0 Å². The smallest absolute Gasteiger partial charge is 0.293 e. The van der Waals surface area contributed by atoms with E-state index in [0.29, 0.717) is 17.8 Å². The lowest BCUT2D eigenvalue weighted by molar-refractivity contribution is 0.281. The number of thiazole rings is 1. The highest BCUT2D eigenvalue weighted by molar-refractivity contribution is 7.09. The zero-order valence-corrected chi connectivity index (χ0v) is 15.7. The summed E-state index contributed by atoms with van der Waals surface area (Å²) in [7, 11) is 2.17. The van der Waals surface area contributed by atoms with E-state index >= 15 is 0 Å².